The molecule has 0 bridgehead atoms. The lowest BCUT2D eigenvalue weighted by molar-refractivity contribution is 0.674. The molecule has 0 N–H and O–H groups in total. The summed E-state index contributed by atoms with van der Waals surface area (Å²) >= 11 is 0. The molecule has 0 atom stereocenters. The van der Waals surface area contributed by atoms with Crippen molar-refractivity contribution in [2.24, 2.45) is 0 Å². The van der Waals surface area contributed by atoms with Gasteiger partial charge in [0.25, 0.3) is 0 Å². The van der Waals surface area contributed by atoms with Gasteiger partial charge in [-0.1, -0.05) is 74.3 Å². The molecule has 0 heteroatoms. The van der Waals surface area contributed by atoms with E-state index in [1.54, 1.807) is 0 Å². The number of unbranched alkanes of at least 4 members (excludes halogenated alkanes) is 4. The van der Waals surface area contributed by atoms with Gasteiger partial charge in [-0.2, -0.15) is 0 Å². The zero-order chi connectivity index (χ0) is 15.2. The quantitative estimate of drug-likeness (QED) is 0.315. The summed E-state index contributed by atoms with van der Waals surface area (Å²) in [6.07, 6.45) is 21.5. The molecule has 0 radical (unpaired) electrons. The van der Waals surface area contributed by atoms with E-state index in [0.29, 0.717) is 0 Å². The van der Waals surface area contributed by atoms with Gasteiger partial charge in [-0.05, 0) is 51.7 Å². The largest absolute Gasteiger partial charge is 0.0845 e. The minimum absolute atomic E-state index is 1.20. The third-order valence-electron chi connectivity index (χ3n) is 3.49. The molecule has 0 heterocycles. The molecule has 0 nitrogen and oxygen atoms in total. The fourth-order valence-electron chi connectivity index (χ4n) is 1.78. The Kier molecular flexibility index (Phi) is 11.9. The molecule has 0 aliphatic heterocycles. The predicted molar refractivity (Wildman–Crippen MR) is 94.0 cm³/mol. The van der Waals surface area contributed by atoms with E-state index in [9.17, 15) is 0 Å². The van der Waals surface area contributed by atoms with Gasteiger partial charge in [0.1, 0.15) is 0 Å². The summed E-state index contributed by atoms with van der Waals surface area (Å²) in [5.74, 6) is 0. The molecule has 112 valence electrons. The van der Waals surface area contributed by atoms with E-state index >= 15 is 0 Å². The second-order valence-electron chi connectivity index (χ2n) is 5.52. The van der Waals surface area contributed by atoms with Crippen LogP contribution in [0.2, 0.25) is 0 Å². The van der Waals surface area contributed by atoms with E-state index in [2.05, 4.69) is 77.2 Å². The van der Waals surface area contributed by atoms with Crippen LogP contribution in [-0.4, -0.2) is 0 Å². The van der Waals surface area contributed by atoms with Gasteiger partial charge in [-0.3, -0.25) is 0 Å². The van der Waals surface area contributed by atoms with Crippen molar-refractivity contribution in [1.82, 2.24) is 0 Å². The van der Waals surface area contributed by atoms with Crippen molar-refractivity contribution in [3.8, 4) is 0 Å². The van der Waals surface area contributed by atoms with Crippen molar-refractivity contribution in [1.29, 1.82) is 0 Å². The second-order valence-corrected chi connectivity index (χ2v) is 5.52. The Labute approximate surface area is 126 Å². The minimum Gasteiger partial charge on any atom is -0.0845 e. The van der Waals surface area contributed by atoms with Crippen molar-refractivity contribution in [3.63, 3.8) is 0 Å². The highest BCUT2D eigenvalue weighted by atomic mass is 14.0. The van der Waals surface area contributed by atoms with Gasteiger partial charge in [0.2, 0.25) is 0 Å². The van der Waals surface area contributed by atoms with Crippen LogP contribution in [0.1, 0.15) is 66.7 Å². The molecule has 0 spiro atoms. The van der Waals surface area contributed by atoms with Crippen LogP contribution in [0.3, 0.4) is 0 Å². The maximum atomic E-state index is 2.26. The van der Waals surface area contributed by atoms with E-state index in [4.69, 9.17) is 0 Å². The van der Waals surface area contributed by atoms with E-state index in [1.807, 2.05) is 0 Å². The molecule has 0 aromatic heterocycles. The fraction of sp³-hybridized carbons (Fsp3) is 0.500. The predicted octanol–water partition coefficient (Wildman–Crippen LogP) is 6.93. The van der Waals surface area contributed by atoms with Gasteiger partial charge >= 0.3 is 0 Å². The Balaban J connectivity index is 3.95. The van der Waals surface area contributed by atoms with Gasteiger partial charge in [0, 0.05) is 0 Å². The molecule has 0 aliphatic rings. The SMILES string of the molecule is CCCCCCC=CC=CC=CC=C(C)C(C)=C(C)C. The standard InChI is InChI=1S/C20H32/c1-6-7-8-9-10-11-12-13-14-15-16-17-19(4)20(5)18(2)3/h11-17H,6-10H2,1-5H3. The van der Waals surface area contributed by atoms with E-state index < -0.39 is 0 Å². The molecule has 0 amide bonds. The molecule has 20 heavy (non-hydrogen) atoms. The third kappa shape index (κ3) is 10.6. The summed E-state index contributed by atoms with van der Waals surface area (Å²) in [5, 5.41) is 0. The van der Waals surface area contributed by atoms with Gasteiger partial charge in [0.05, 0.1) is 0 Å². The van der Waals surface area contributed by atoms with Crippen LogP contribution in [-0.2, 0) is 0 Å². The highest BCUT2D eigenvalue weighted by molar-refractivity contribution is 5.33. The fourth-order valence-corrected chi connectivity index (χ4v) is 1.78. The molecule has 0 aliphatic carbocycles. The van der Waals surface area contributed by atoms with Crippen LogP contribution in [0.15, 0.2) is 59.3 Å². The van der Waals surface area contributed by atoms with E-state index in [1.165, 1.54) is 48.8 Å². The first-order valence-corrected chi connectivity index (χ1v) is 7.90. The molecule has 0 fully saturated rings. The Bertz CT molecular complexity index is 382. The average molecular weight is 272 g/mol. The molecular weight excluding hydrogens is 240 g/mol. The lowest BCUT2D eigenvalue weighted by atomic mass is 10.0. The Morgan fingerprint density at radius 2 is 1.40 bits per heavy atom. The summed E-state index contributed by atoms with van der Waals surface area (Å²) in [4.78, 5) is 0. The summed E-state index contributed by atoms with van der Waals surface area (Å²) in [6.45, 7) is 10.9. The minimum atomic E-state index is 1.20. The van der Waals surface area contributed by atoms with Crippen LogP contribution in [0.4, 0.5) is 0 Å². The van der Waals surface area contributed by atoms with E-state index in [0.717, 1.165) is 0 Å². The van der Waals surface area contributed by atoms with Crippen molar-refractivity contribution in [2.45, 2.75) is 66.7 Å². The Morgan fingerprint density at radius 1 is 0.750 bits per heavy atom. The summed E-state index contributed by atoms with van der Waals surface area (Å²) < 4.78 is 0. The highest BCUT2D eigenvalue weighted by Crippen LogP contribution is 2.12. The molecule has 0 unspecified atom stereocenters. The number of rotatable bonds is 9. The lowest BCUT2D eigenvalue weighted by Crippen LogP contribution is -1.81. The summed E-state index contributed by atoms with van der Waals surface area (Å²) in [6, 6.07) is 0. The maximum Gasteiger partial charge on any atom is -0.0348 e. The molecule has 0 saturated heterocycles. The van der Waals surface area contributed by atoms with Gasteiger partial charge < -0.3 is 0 Å². The molecule has 0 aromatic carbocycles. The first-order valence-electron chi connectivity index (χ1n) is 7.90. The lowest BCUT2D eigenvalue weighted by Gasteiger charge is -2.02. The monoisotopic (exact) mass is 272 g/mol. The number of hydrogen-bond acceptors (Lipinski definition) is 0. The topological polar surface area (TPSA) is 0 Å². The molecular formula is C20H32. The van der Waals surface area contributed by atoms with Gasteiger partial charge in [-0.15, -0.1) is 0 Å². The molecule has 0 aromatic rings. The second kappa shape index (κ2) is 12.7. The highest BCUT2D eigenvalue weighted by Gasteiger charge is 1.92. The number of allylic oxidation sites excluding steroid dienone is 10. The third-order valence-corrected chi connectivity index (χ3v) is 3.49. The normalized spacial score (nSPS) is 12.9. The van der Waals surface area contributed by atoms with E-state index in [-0.39, 0.29) is 0 Å². The van der Waals surface area contributed by atoms with Crippen molar-refractivity contribution < 1.29 is 0 Å². The molecule has 0 saturated carbocycles. The first kappa shape index (κ1) is 18.7. The van der Waals surface area contributed by atoms with Crippen LogP contribution in [0.5, 0.6) is 0 Å². The maximum absolute atomic E-state index is 2.26. The van der Waals surface area contributed by atoms with Gasteiger partial charge in [-0.25, -0.2) is 0 Å². The number of hydrogen-bond donors (Lipinski definition) is 0. The zero-order valence-electron chi connectivity index (χ0n) is 14.1. The van der Waals surface area contributed by atoms with Crippen molar-refractivity contribution in [3.05, 3.63) is 59.3 Å². The summed E-state index contributed by atoms with van der Waals surface area (Å²) in [7, 11) is 0. The van der Waals surface area contributed by atoms with Gasteiger partial charge in [0.15, 0.2) is 0 Å². The Hall–Kier alpha value is -1.30. The van der Waals surface area contributed by atoms with Crippen LogP contribution in [0.25, 0.3) is 0 Å². The van der Waals surface area contributed by atoms with Crippen LogP contribution in [0, 0.1) is 0 Å². The van der Waals surface area contributed by atoms with Crippen LogP contribution < -0.4 is 0 Å². The smallest absolute Gasteiger partial charge is 0.0348 e. The summed E-state index contributed by atoms with van der Waals surface area (Å²) in [5.41, 5.74) is 4.10. The van der Waals surface area contributed by atoms with Crippen LogP contribution >= 0.6 is 0 Å². The average Bonchev–Trinajstić information content (AvgIpc) is 2.43. The first-order chi connectivity index (χ1) is 9.59. The molecule has 0 rings (SSSR count). The van der Waals surface area contributed by atoms with Crippen molar-refractivity contribution in [2.75, 3.05) is 0 Å². The van der Waals surface area contributed by atoms with Crippen molar-refractivity contribution >= 4 is 0 Å². The Morgan fingerprint density at radius 3 is 2.05 bits per heavy atom. The zero-order valence-corrected chi connectivity index (χ0v) is 14.1.